The number of nitrogens with zero attached hydrogens (tertiary/aromatic N) is 2. The monoisotopic (exact) mass is 338 g/mol. The van der Waals surface area contributed by atoms with E-state index in [9.17, 15) is 18.0 Å². The molecule has 3 rings (SSSR count). The quantitative estimate of drug-likeness (QED) is 0.782. The van der Waals surface area contributed by atoms with Crippen molar-refractivity contribution in [2.24, 2.45) is 0 Å². The minimum absolute atomic E-state index is 0.0304. The highest BCUT2D eigenvalue weighted by atomic mass is 19.4. The number of hydrogen-bond donors (Lipinski definition) is 0. The Balaban J connectivity index is 2.01. The number of alkyl halides is 3. The van der Waals surface area contributed by atoms with Crippen molar-refractivity contribution in [1.29, 1.82) is 0 Å². The van der Waals surface area contributed by atoms with Gasteiger partial charge in [-0.05, 0) is 44.0 Å². The van der Waals surface area contributed by atoms with Crippen molar-refractivity contribution < 1.29 is 18.0 Å². The summed E-state index contributed by atoms with van der Waals surface area (Å²) in [5.74, 6) is -0.306. The number of carbonyl (C=O) groups is 1. The van der Waals surface area contributed by atoms with Crippen LogP contribution in [-0.2, 0) is 19.3 Å². The first-order valence-corrected chi connectivity index (χ1v) is 8.13. The topological polar surface area (TPSA) is 23.6 Å². The first kappa shape index (κ1) is 17.0. The standard InChI is InChI=1S/C18H21F3N2O/c1-11(2)23-10-15-14(17(23)24)7-13(8-16(15)18(19,20)21)9-22-6-4-5-12(22)3/h4-5,7-8,11-12H,6,9-10H2,1-3H3. The van der Waals surface area contributed by atoms with E-state index in [0.29, 0.717) is 18.7 Å². The maximum atomic E-state index is 13.5. The number of benzene rings is 1. The minimum atomic E-state index is -4.46. The van der Waals surface area contributed by atoms with E-state index in [-0.39, 0.29) is 35.7 Å². The number of carbonyl (C=O) groups excluding carboxylic acids is 1. The molecule has 1 aromatic carbocycles. The second-order valence-electron chi connectivity index (χ2n) is 6.79. The van der Waals surface area contributed by atoms with Gasteiger partial charge < -0.3 is 4.90 Å². The van der Waals surface area contributed by atoms with Gasteiger partial charge in [-0.3, -0.25) is 9.69 Å². The molecule has 2 aliphatic heterocycles. The van der Waals surface area contributed by atoms with Crippen LogP contribution in [0.5, 0.6) is 0 Å². The molecular weight excluding hydrogens is 317 g/mol. The number of halogens is 3. The van der Waals surface area contributed by atoms with Crippen LogP contribution in [0, 0.1) is 0 Å². The highest BCUT2D eigenvalue weighted by Gasteiger charge is 2.40. The Morgan fingerprint density at radius 2 is 2.00 bits per heavy atom. The maximum absolute atomic E-state index is 13.5. The average Bonchev–Trinajstić information content (AvgIpc) is 3.02. The van der Waals surface area contributed by atoms with E-state index in [1.807, 2.05) is 32.9 Å². The van der Waals surface area contributed by atoms with E-state index in [4.69, 9.17) is 0 Å². The summed E-state index contributed by atoms with van der Waals surface area (Å²) < 4.78 is 40.5. The lowest BCUT2D eigenvalue weighted by molar-refractivity contribution is -0.138. The van der Waals surface area contributed by atoms with Crippen LogP contribution >= 0.6 is 0 Å². The van der Waals surface area contributed by atoms with Gasteiger partial charge in [0.1, 0.15) is 0 Å². The van der Waals surface area contributed by atoms with Crippen LogP contribution in [0.25, 0.3) is 0 Å². The van der Waals surface area contributed by atoms with E-state index in [1.54, 1.807) is 6.07 Å². The fraction of sp³-hybridized carbons (Fsp3) is 0.500. The molecule has 3 nitrogen and oxygen atoms in total. The van der Waals surface area contributed by atoms with Gasteiger partial charge in [0.15, 0.2) is 0 Å². The van der Waals surface area contributed by atoms with Gasteiger partial charge in [0, 0.05) is 37.3 Å². The van der Waals surface area contributed by atoms with Crippen molar-refractivity contribution in [3.63, 3.8) is 0 Å². The molecule has 24 heavy (non-hydrogen) atoms. The van der Waals surface area contributed by atoms with Gasteiger partial charge in [-0.25, -0.2) is 0 Å². The summed E-state index contributed by atoms with van der Waals surface area (Å²) in [5.41, 5.74) is 0.174. The lowest BCUT2D eigenvalue weighted by atomic mass is 9.98. The smallest absolute Gasteiger partial charge is 0.332 e. The fourth-order valence-corrected chi connectivity index (χ4v) is 3.38. The van der Waals surface area contributed by atoms with Crippen molar-refractivity contribution in [2.45, 2.75) is 52.1 Å². The molecule has 0 bridgehead atoms. The van der Waals surface area contributed by atoms with Gasteiger partial charge in [-0.2, -0.15) is 13.2 Å². The van der Waals surface area contributed by atoms with Gasteiger partial charge in [0.25, 0.3) is 5.91 Å². The van der Waals surface area contributed by atoms with E-state index < -0.39 is 11.7 Å². The summed E-state index contributed by atoms with van der Waals surface area (Å²) in [4.78, 5) is 16.1. The van der Waals surface area contributed by atoms with Crippen LogP contribution in [0.15, 0.2) is 24.3 Å². The first-order chi connectivity index (χ1) is 11.2. The lowest BCUT2D eigenvalue weighted by Crippen LogP contribution is -2.30. The Labute approximate surface area is 139 Å². The molecule has 2 heterocycles. The number of amides is 1. The lowest BCUT2D eigenvalue weighted by Gasteiger charge is -2.22. The Morgan fingerprint density at radius 3 is 2.54 bits per heavy atom. The molecule has 0 spiro atoms. The highest BCUT2D eigenvalue weighted by Crippen LogP contribution is 2.39. The Bertz CT molecular complexity index is 694. The van der Waals surface area contributed by atoms with Gasteiger partial charge >= 0.3 is 6.18 Å². The third-order valence-electron chi connectivity index (χ3n) is 4.77. The third-order valence-corrected chi connectivity index (χ3v) is 4.77. The molecule has 2 aliphatic rings. The molecule has 0 N–H and O–H groups in total. The number of rotatable bonds is 3. The number of hydrogen-bond acceptors (Lipinski definition) is 2. The predicted molar refractivity (Wildman–Crippen MR) is 85.5 cm³/mol. The molecule has 0 saturated carbocycles. The zero-order valence-electron chi connectivity index (χ0n) is 14.0. The van der Waals surface area contributed by atoms with Crippen molar-refractivity contribution in [2.75, 3.05) is 6.54 Å². The zero-order valence-corrected chi connectivity index (χ0v) is 14.0. The number of fused-ring (bicyclic) bond motifs is 1. The van der Waals surface area contributed by atoms with Crippen molar-refractivity contribution in [1.82, 2.24) is 9.80 Å². The molecule has 130 valence electrons. The SMILES string of the molecule is CC1C=CCN1Cc1cc2c(c(C(F)(F)F)c1)CN(C(C)C)C2=O. The molecule has 0 saturated heterocycles. The Hall–Kier alpha value is -1.82. The van der Waals surface area contributed by atoms with Crippen molar-refractivity contribution >= 4 is 5.91 Å². The second-order valence-corrected chi connectivity index (χ2v) is 6.79. The molecular formula is C18H21F3N2O. The fourth-order valence-electron chi connectivity index (χ4n) is 3.38. The first-order valence-electron chi connectivity index (χ1n) is 8.13. The van der Waals surface area contributed by atoms with Gasteiger partial charge in [0.2, 0.25) is 0 Å². The van der Waals surface area contributed by atoms with Gasteiger partial charge in [-0.1, -0.05) is 12.2 Å². The summed E-state index contributed by atoms with van der Waals surface area (Å²) in [6.45, 7) is 6.78. The van der Waals surface area contributed by atoms with Crippen LogP contribution in [-0.4, -0.2) is 34.3 Å². The Morgan fingerprint density at radius 1 is 1.29 bits per heavy atom. The summed E-state index contributed by atoms with van der Waals surface area (Å²) in [6.07, 6.45) is -0.416. The van der Waals surface area contributed by atoms with Crippen LogP contribution in [0.3, 0.4) is 0 Å². The molecule has 1 amide bonds. The molecule has 0 fully saturated rings. The minimum Gasteiger partial charge on any atom is -0.332 e. The third kappa shape index (κ3) is 2.95. The average molecular weight is 338 g/mol. The molecule has 0 aliphatic carbocycles. The summed E-state index contributed by atoms with van der Waals surface area (Å²) in [7, 11) is 0. The maximum Gasteiger partial charge on any atom is 0.416 e. The normalized spacial score (nSPS) is 21.2. The summed E-state index contributed by atoms with van der Waals surface area (Å²) in [6, 6.07) is 2.91. The van der Waals surface area contributed by atoms with Crippen LogP contribution in [0.4, 0.5) is 13.2 Å². The summed E-state index contributed by atoms with van der Waals surface area (Å²) >= 11 is 0. The molecule has 1 unspecified atom stereocenters. The van der Waals surface area contributed by atoms with E-state index in [0.717, 1.165) is 0 Å². The summed E-state index contributed by atoms with van der Waals surface area (Å²) in [5, 5.41) is 0. The van der Waals surface area contributed by atoms with Crippen LogP contribution in [0.2, 0.25) is 0 Å². The van der Waals surface area contributed by atoms with Crippen molar-refractivity contribution in [3.05, 3.63) is 46.5 Å². The molecule has 6 heteroatoms. The van der Waals surface area contributed by atoms with Gasteiger partial charge in [-0.15, -0.1) is 0 Å². The van der Waals surface area contributed by atoms with E-state index >= 15 is 0 Å². The Kier molecular flexibility index (Phi) is 4.20. The van der Waals surface area contributed by atoms with Crippen LogP contribution in [0.1, 0.15) is 47.8 Å². The van der Waals surface area contributed by atoms with Crippen molar-refractivity contribution in [3.8, 4) is 0 Å². The van der Waals surface area contributed by atoms with E-state index in [1.165, 1.54) is 11.0 Å². The molecule has 0 aromatic heterocycles. The van der Waals surface area contributed by atoms with Gasteiger partial charge in [0.05, 0.1) is 5.56 Å². The second kappa shape index (κ2) is 5.92. The molecule has 1 aromatic rings. The molecule has 1 atom stereocenters. The van der Waals surface area contributed by atoms with E-state index in [2.05, 4.69) is 4.90 Å². The predicted octanol–water partition coefficient (Wildman–Crippen LogP) is 3.83. The van der Waals surface area contributed by atoms with Crippen LogP contribution < -0.4 is 0 Å². The zero-order chi connectivity index (χ0) is 17.6. The molecule has 0 radical (unpaired) electrons. The highest BCUT2D eigenvalue weighted by molar-refractivity contribution is 5.99. The largest absolute Gasteiger partial charge is 0.416 e.